The number of aryl methyl sites for hydroxylation is 1. The molecule has 0 radical (unpaired) electrons. The predicted octanol–water partition coefficient (Wildman–Crippen LogP) is 1.29. The van der Waals surface area contributed by atoms with Crippen LogP contribution in [0, 0.1) is 6.92 Å². The Labute approximate surface area is 91.4 Å². The molecule has 0 fully saturated rings. The molecule has 0 aliphatic rings. The molecule has 2 heterocycles. The normalized spacial score (nSPS) is 10.4. The van der Waals surface area contributed by atoms with Gasteiger partial charge in [0, 0.05) is 6.07 Å². The third-order valence-corrected chi connectivity index (χ3v) is 1.95. The molecule has 0 unspecified atom stereocenters. The molecule has 0 aliphatic heterocycles. The Balaban J connectivity index is 2.08. The van der Waals surface area contributed by atoms with Crippen molar-refractivity contribution in [2.24, 2.45) is 5.73 Å². The van der Waals surface area contributed by atoms with Gasteiger partial charge in [0.2, 0.25) is 5.88 Å². The van der Waals surface area contributed by atoms with Crippen molar-refractivity contribution in [2.75, 3.05) is 5.32 Å². The fourth-order valence-electron chi connectivity index (χ4n) is 1.21. The molecule has 16 heavy (non-hydrogen) atoms. The third kappa shape index (κ3) is 2.12. The molecular formula is C10H11N3O3. The van der Waals surface area contributed by atoms with Crippen molar-refractivity contribution in [3.05, 3.63) is 35.4 Å². The van der Waals surface area contributed by atoms with Gasteiger partial charge in [-0.1, -0.05) is 5.16 Å². The quantitative estimate of drug-likeness (QED) is 0.814. The minimum absolute atomic E-state index is 0.189. The summed E-state index contributed by atoms with van der Waals surface area (Å²) in [5.74, 6) is 0.637. The molecule has 6 nitrogen and oxygen atoms in total. The summed E-state index contributed by atoms with van der Waals surface area (Å²) in [6.07, 6.45) is 0. The minimum atomic E-state index is -0.393. The Morgan fingerprint density at radius 2 is 2.38 bits per heavy atom. The van der Waals surface area contributed by atoms with E-state index in [0.29, 0.717) is 11.5 Å². The molecule has 1 amide bonds. The molecule has 0 aromatic carbocycles. The van der Waals surface area contributed by atoms with Crippen molar-refractivity contribution in [2.45, 2.75) is 13.5 Å². The highest BCUT2D eigenvalue weighted by molar-refractivity contribution is 6.01. The summed E-state index contributed by atoms with van der Waals surface area (Å²) in [5.41, 5.74) is 6.06. The number of aromatic nitrogens is 1. The molecule has 84 valence electrons. The van der Waals surface area contributed by atoms with Crippen LogP contribution in [0.4, 0.5) is 5.88 Å². The van der Waals surface area contributed by atoms with E-state index < -0.39 is 5.91 Å². The maximum absolute atomic E-state index is 11.6. The lowest BCUT2D eigenvalue weighted by atomic mass is 10.4. The summed E-state index contributed by atoms with van der Waals surface area (Å²) in [7, 11) is 0. The smallest absolute Gasteiger partial charge is 0.293 e. The average Bonchev–Trinajstić information content (AvgIpc) is 2.87. The highest BCUT2D eigenvalue weighted by Crippen LogP contribution is 2.12. The number of carbonyl (C=O) groups is 1. The van der Waals surface area contributed by atoms with Gasteiger partial charge >= 0.3 is 0 Å². The second kappa shape index (κ2) is 4.19. The first-order valence-corrected chi connectivity index (χ1v) is 4.72. The summed E-state index contributed by atoms with van der Waals surface area (Å²) in [6.45, 7) is 2.02. The SMILES string of the molecule is Cc1cc(NC(=O)c2ccc(CN)o2)on1. The number of nitrogens with one attached hydrogen (secondary N) is 1. The van der Waals surface area contributed by atoms with Gasteiger partial charge in [-0.25, -0.2) is 0 Å². The van der Waals surface area contributed by atoms with E-state index in [0.717, 1.165) is 0 Å². The van der Waals surface area contributed by atoms with Crippen LogP contribution in [0.3, 0.4) is 0 Å². The lowest BCUT2D eigenvalue weighted by molar-refractivity contribution is 0.0992. The van der Waals surface area contributed by atoms with E-state index in [-0.39, 0.29) is 18.2 Å². The lowest BCUT2D eigenvalue weighted by Crippen LogP contribution is -2.10. The third-order valence-electron chi connectivity index (χ3n) is 1.95. The Morgan fingerprint density at radius 3 is 2.94 bits per heavy atom. The van der Waals surface area contributed by atoms with Gasteiger partial charge in [0.1, 0.15) is 5.76 Å². The number of nitrogens with zero attached hydrogens (tertiary/aromatic N) is 1. The van der Waals surface area contributed by atoms with Gasteiger partial charge in [0.25, 0.3) is 5.91 Å². The van der Waals surface area contributed by atoms with Crippen molar-refractivity contribution < 1.29 is 13.7 Å². The van der Waals surface area contributed by atoms with Crippen LogP contribution in [-0.4, -0.2) is 11.1 Å². The van der Waals surface area contributed by atoms with Crippen LogP contribution in [-0.2, 0) is 6.54 Å². The number of furan rings is 1. The first kappa shape index (κ1) is 10.4. The molecule has 0 saturated carbocycles. The molecule has 0 atom stereocenters. The van der Waals surface area contributed by atoms with E-state index in [1.165, 1.54) is 0 Å². The summed E-state index contributed by atoms with van der Waals surface area (Å²) in [5, 5.41) is 6.16. The minimum Gasteiger partial charge on any atom is -0.455 e. The Bertz CT molecular complexity index is 501. The van der Waals surface area contributed by atoms with Crippen molar-refractivity contribution >= 4 is 11.8 Å². The first-order chi connectivity index (χ1) is 7.69. The van der Waals surface area contributed by atoms with Gasteiger partial charge in [-0.2, -0.15) is 0 Å². The van der Waals surface area contributed by atoms with E-state index in [1.807, 2.05) is 0 Å². The van der Waals surface area contributed by atoms with Crippen molar-refractivity contribution in [1.82, 2.24) is 5.16 Å². The standard InChI is InChI=1S/C10H11N3O3/c1-6-4-9(16-13-6)12-10(14)8-3-2-7(5-11)15-8/h2-4H,5,11H2,1H3,(H,12,14). The molecule has 0 spiro atoms. The maximum atomic E-state index is 11.6. The lowest BCUT2D eigenvalue weighted by Gasteiger charge is -1.96. The van der Waals surface area contributed by atoms with Crippen molar-refractivity contribution in [1.29, 1.82) is 0 Å². The van der Waals surface area contributed by atoms with Crippen molar-refractivity contribution in [3.8, 4) is 0 Å². The first-order valence-electron chi connectivity index (χ1n) is 4.72. The van der Waals surface area contributed by atoms with Crippen LogP contribution < -0.4 is 11.1 Å². The Morgan fingerprint density at radius 1 is 1.56 bits per heavy atom. The number of amides is 1. The molecule has 0 bridgehead atoms. The van der Waals surface area contributed by atoms with E-state index in [1.54, 1.807) is 25.1 Å². The number of hydrogen-bond acceptors (Lipinski definition) is 5. The van der Waals surface area contributed by atoms with Crippen LogP contribution in [0.5, 0.6) is 0 Å². The average molecular weight is 221 g/mol. The molecule has 0 saturated heterocycles. The second-order valence-corrected chi connectivity index (χ2v) is 3.26. The number of rotatable bonds is 3. The van der Waals surface area contributed by atoms with E-state index in [4.69, 9.17) is 14.7 Å². The van der Waals surface area contributed by atoms with Gasteiger partial charge < -0.3 is 14.7 Å². The zero-order valence-electron chi connectivity index (χ0n) is 8.69. The predicted molar refractivity (Wildman–Crippen MR) is 55.8 cm³/mol. The molecule has 2 aromatic heterocycles. The maximum Gasteiger partial charge on any atom is 0.293 e. The second-order valence-electron chi connectivity index (χ2n) is 3.26. The summed E-state index contributed by atoms with van der Waals surface area (Å²) in [4.78, 5) is 11.6. The Hall–Kier alpha value is -2.08. The van der Waals surface area contributed by atoms with Crippen molar-refractivity contribution in [3.63, 3.8) is 0 Å². The fraction of sp³-hybridized carbons (Fsp3) is 0.200. The van der Waals surface area contributed by atoms with Crippen LogP contribution in [0.15, 0.2) is 27.1 Å². The summed E-state index contributed by atoms with van der Waals surface area (Å²) >= 11 is 0. The van der Waals surface area contributed by atoms with Crippen LogP contribution in [0.1, 0.15) is 22.0 Å². The molecular weight excluding hydrogens is 210 g/mol. The molecule has 3 N–H and O–H groups in total. The van der Waals surface area contributed by atoms with E-state index >= 15 is 0 Å². The topological polar surface area (TPSA) is 94.3 Å². The van der Waals surface area contributed by atoms with Gasteiger partial charge in [-0.15, -0.1) is 0 Å². The molecule has 2 aromatic rings. The number of anilines is 1. The van der Waals surface area contributed by atoms with Gasteiger partial charge in [0.15, 0.2) is 5.76 Å². The van der Waals surface area contributed by atoms with Crippen LogP contribution in [0.25, 0.3) is 0 Å². The monoisotopic (exact) mass is 221 g/mol. The van der Waals surface area contributed by atoms with Gasteiger partial charge in [-0.3, -0.25) is 10.1 Å². The molecule has 6 heteroatoms. The molecule has 0 aliphatic carbocycles. The van der Waals surface area contributed by atoms with Crippen LogP contribution in [0.2, 0.25) is 0 Å². The number of hydrogen-bond donors (Lipinski definition) is 2. The highest BCUT2D eigenvalue weighted by Gasteiger charge is 2.12. The van der Waals surface area contributed by atoms with Gasteiger partial charge in [0.05, 0.1) is 12.2 Å². The summed E-state index contributed by atoms with van der Waals surface area (Å²) in [6, 6.07) is 4.83. The zero-order valence-corrected chi connectivity index (χ0v) is 8.69. The van der Waals surface area contributed by atoms with Crippen LogP contribution >= 0.6 is 0 Å². The Kier molecular flexibility index (Phi) is 2.74. The number of carbonyl (C=O) groups excluding carboxylic acids is 1. The highest BCUT2D eigenvalue weighted by atomic mass is 16.5. The van der Waals surface area contributed by atoms with Gasteiger partial charge in [-0.05, 0) is 19.1 Å². The largest absolute Gasteiger partial charge is 0.455 e. The van der Waals surface area contributed by atoms with E-state index in [9.17, 15) is 4.79 Å². The number of nitrogens with two attached hydrogens (primary N) is 1. The molecule has 2 rings (SSSR count). The summed E-state index contributed by atoms with van der Waals surface area (Å²) < 4.78 is 10.0. The fourth-order valence-corrected chi connectivity index (χ4v) is 1.21. The zero-order chi connectivity index (χ0) is 11.5. The van der Waals surface area contributed by atoms with E-state index in [2.05, 4.69) is 10.5 Å².